The van der Waals surface area contributed by atoms with Crippen molar-refractivity contribution >= 4 is 27.1 Å². The lowest BCUT2D eigenvalue weighted by Crippen LogP contribution is -2.20. The van der Waals surface area contributed by atoms with Crippen LogP contribution in [0.2, 0.25) is 0 Å². The minimum absolute atomic E-state index is 0.0347. The van der Waals surface area contributed by atoms with E-state index in [2.05, 4.69) is 25.9 Å². The van der Waals surface area contributed by atoms with Gasteiger partial charge < -0.3 is 4.98 Å². The number of hydrogen-bond donors (Lipinski definition) is 1. The van der Waals surface area contributed by atoms with Crippen molar-refractivity contribution in [2.24, 2.45) is 0 Å². The number of H-pyrrole nitrogens is 1. The van der Waals surface area contributed by atoms with Crippen molar-refractivity contribution in [2.75, 3.05) is 0 Å². The van der Waals surface area contributed by atoms with Crippen LogP contribution in [0.4, 0.5) is 0 Å². The number of pyridine rings is 1. The molecular formula is C11H12BrN3O. The van der Waals surface area contributed by atoms with Gasteiger partial charge in [0, 0.05) is 16.7 Å². The standard InChI is InChI=1S/C11H12BrN3O/c12-7-5-9-10(13-6-7)15(11(16)14-9)8-3-1-2-4-8/h5-6,8H,1-4H2,(H,14,16). The normalized spacial score (nSPS) is 17.3. The fourth-order valence-electron chi connectivity index (χ4n) is 2.49. The highest BCUT2D eigenvalue weighted by Crippen LogP contribution is 2.30. The Hall–Kier alpha value is -1.10. The summed E-state index contributed by atoms with van der Waals surface area (Å²) in [6.45, 7) is 0. The molecule has 0 atom stereocenters. The topological polar surface area (TPSA) is 50.7 Å². The maximum absolute atomic E-state index is 11.9. The van der Waals surface area contributed by atoms with Gasteiger partial charge in [0.15, 0.2) is 5.65 Å². The molecule has 0 unspecified atom stereocenters. The highest BCUT2D eigenvalue weighted by atomic mass is 79.9. The number of halogens is 1. The monoisotopic (exact) mass is 281 g/mol. The molecule has 84 valence electrons. The fourth-order valence-corrected chi connectivity index (χ4v) is 2.82. The van der Waals surface area contributed by atoms with Gasteiger partial charge in [0.2, 0.25) is 0 Å². The number of aromatic nitrogens is 3. The van der Waals surface area contributed by atoms with E-state index in [4.69, 9.17) is 0 Å². The minimum atomic E-state index is -0.0347. The predicted octanol–water partition coefficient (Wildman–Crippen LogP) is 2.60. The van der Waals surface area contributed by atoms with Crippen LogP contribution in [0, 0.1) is 0 Å². The van der Waals surface area contributed by atoms with E-state index in [1.54, 1.807) is 6.20 Å². The molecule has 1 fully saturated rings. The van der Waals surface area contributed by atoms with Crippen molar-refractivity contribution in [3.63, 3.8) is 0 Å². The highest BCUT2D eigenvalue weighted by Gasteiger charge is 2.21. The molecule has 0 amide bonds. The third kappa shape index (κ3) is 1.50. The number of aromatic amines is 1. The minimum Gasteiger partial charge on any atom is -0.304 e. The Morgan fingerprint density at radius 1 is 1.44 bits per heavy atom. The molecule has 0 aliphatic heterocycles. The third-order valence-corrected chi connectivity index (χ3v) is 3.65. The van der Waals surface area contributed by atoms with E-state index in [1.807, 2.05) is 10.6 Å². The first kappa shape index (κ1) is 10.1. The molecular weight excluding hydrogens is 270 g/mol. The summed E-state index contributed by atoms with van der Waals surface area (Å²) in [4.78, 5) is 19.1. The van der Waals surface area contributed by atoms with E-state index in [-0.39, 0.29) is 5.69 Å². The summed E-state index contributed by atoms with van der Waals surface area (Å²) in [5.74, 6) is 0. The van der Waals surface area contributed by atoms with Crippen LogP contribution in [-0.4, -0.2) is 14.5 Å². The molecule has 0 radical (unpaired) electrons. The summed E-state index contributed by atoms with van der Waals surface area (Å²) in [7, 11) is 0. The summed E-state index contributed by atoms with van der Waals surface area (Å²) in [5.41, 5.74) is 1.55. The zero-order chi connectivity index (χ0) is 11.1. The van der Waals surface area contributed by atoms with E-state index in [0.29, 0.717) is 6.04 Å². The second-order valence-corrected chi connectivity index (χ2v) is 5.18. The summed E-state index contributed by atoms with van der Waals surface area (Å²) < 4.78 is 2.70. The predicted molar refractivity (Wildman–Crippen MR) is 65.6 cm³/mol. The van der Waals surface area contributed by atoms with Crippen LogP contribution in [0.1, 0.15) is 31.7 Å². The van der Waals surface area contributed by atoms with Gasteiger partial charge in [-0.3, -0.25) is 4.57 Å². The smallest absolute Gasteiger partial charge is 0.304 e. The van der Waals surface area contributed by atoms with Crippen molar-refractivity contribution in [3.05, 3.63) is 27.2 Å². The Bertz CT molecular complexity index is 580. The van der Waals surface area contributed by atoms with Gasteiger partial charge in [-0.25, -0.2) is 9.78 Å². The van der Waals surface area contributed by atoms with Crippen molar-refractivity contribution in [3.8, 4) is 0 Å². The van der Waals surface area contributed by atoms with Crippen LogP contribution in [-0.2, 0) is 0 Å². The van der Waals surface area contributed by atoms with Gasteiger partial charge in [0.1, 0.15) is 0 Å². The van der Waals surface area contributed by atoms with E-state index >= 15 is 0 Å². The van der Waals surface area contributed by atoms with E-state index in [0.717, 1.165) is 28.5 Å². The van der Waals surface area contributed by atoms with Gasteiger partial charge in [-0.15, -0.1) is 0 Å². The van der Waals surface area contributed by atoms with Crippen LogP contribution in [0.3, 0.4) is 0 Å². The summed E-state index contributed by atoms with van der Waals surface area (Å²) in [6.07, 6.45) is 6.33. The molecule has 2 aromatic heterocycles. The summed E-state index contributed by atoms with van der Waals surface area (Å²) >= 11 is 3.36. The van der Waals surface area contributed by atoms with Crippen LogP contribution in [0.15, 0.2) is 21.5 Å². The fraction of sp³-hybridized carbons (Fsp3) is 0.455. The molecule has 4 nitrogen and oxygen atoms in total. The number of imidazole rings is 1. The Kier molecular flexibility index (Phi) is 2.35. The molecule has 2 aromatic rings. The molecule has 0 bridgehead atoms. The molecule has 0 spiro atoms. The van der Waals surface area contributed by atoms with Crippen molar-refractivity contribution in [1.82, 2.24) is 14.5 Å². The quantitative estimate of drug-likeness (QED) is 0.874. The molecule has 0 aromatic carbocycles. The lowest BCUT2D eigenvalue weighted by atomic mass is 10.2. The van der Waals surface area contributed by atoms with Crippen molar-refractivity contribution in [1.29, 1.82) is 0 Å². The number of nitrogens with zero attached hydrogens (tertiary/aromatic N) is 2. The Balaban J connectivity index is 2.23. The number of nitrogens with one attached hydrogen (secondary N) is 1. The Morgan fingerprint density at radius 3 is 2.94 bits per heavy atom. The van der Waals surface area contributed by atoms with Crippen LogP contribution in [0.25, 0.3) is 11.2 Å². The lowest BCUT2D eigenvalue weighted by molar-refractivity contribution is 0.515. The highest BCUT2D eigenvalue weighted by molar-refractivity contribution is 9.10. The number of rotatable bonds is 1. The molecule has 2 heterocycles. The molecule has 16 heavy (non-hydrogen) atoms. The van der Waals surface area contributed by atoms with Crippen LogP contribution < -0.4 is 5.69 Å². The SMILES string of the molecule is O=c1[nH]c2cc(Br)cnc2n1C1CCCC1. The van der Waals surface area contributed by atoms with Crippen LogP contribution >= 0.6 is 15.9 Å². The largest absolute Gasteiger partial charge is 0.327 e. The molecule has 3 rings (SSSR count). The lowest BCUT2D eigenvalue weighted by Gasteiger charge is -2.09. The maximum Gasteiger partial charge on any atom is 0.327 e. The zero-order valence-corrected chi connectivity index (χ0v) is 10.3. The average Bonchev–Trinajstić information content (AvgIpc) is 2.83. The number of hydrogen-bond acceptors (Lipinski definition) is 2. The Morgan fingerprint density at radius 2 is 2.19 bits per heavy atom. The Labute approximate surface area is 101 Å². The average molecular weight is 282 g/mol. The first-order valence-electron chi connectivity index (χ1n) is 5.51. The van der Waals surface area contributed by atoms with Gasteiger partial charge in [0.25, 0.3) is 0 Å². The second kappa shape index (κ2) is 3.73. The molecule has 1 saturated carbocycles. The molecule has 1 N–H and O–H groups in total. The molecule has 1 aliphatic carbocycles. The van der Waals surface area contributed by atoms with E-state index < -0.39 is 0 Å². The van der Waals surface area contributed by atoms with Gasteiger partial charge >= 0.3 is 5.69 Å². The first-order valence-corrected chi connectivity index (χ1v) is 6.31. The van der Waals surface area contributed by atoms with E-state index in [1.165, 1.54) is 12.8 Å². The molecule has 5 heteroatoms. The maximum atomic E-state index is 11.9. The first-order chi connectivity index (χ1) is 7.75. The van der Waals surface area contributed by atoms with Crippen molar-refractivity contribution in [2.45, 2.75) is 31.7 Å². The van der Waals surface area contributed by atoms with Gasteiger partial charge in [-0.2, -0.15) is 0 Å². The molecule has 0 saturated heterocycles. The van der Waals surface area contributed by atoms with Crippen molar-refractivity contribution < 1.29 is 0 Å². The number of fused-ring (bicyclic) bond motifs is 1. The van der Waals surface area contributed by atoms with Gasteiger partial charge in [-0.1, -0.05) is 12.8 Å². The summed E-state index contributed by atoms with van der Waals surface area (Å²) in [5, 5.41) is 0. The van der Waals surface area contributed by atoms with Crippen LogP contribution in [0.5, 0.6) is 0 Å². The summed E-state index contributed by atoms with van der Waals surface area (Å²) in [6, 6.07) is 2.23. The van der Waals surface area contributed by atoms with Gasteiger partial charge in [-0.05, 0) is 34.8 Å². The zero-order valence-electron chi connectivity index (χ0n) is 8.74. The third-order valence-electron chi connectivity index (χ3n) is 3.21. The second-order valence-electron chi connectivity index (χ2n) is 4.26. The molecule has 1 aliphatic rings. The van der Waals surface area contributed by atoms with E-state index in [9.17, 15) is 4.79 Å². The van der Waals surface area contributed by atoms with Gasteiger partial charge in [0.05, 0.1) is 5.52 Å².